The van der Waals surface area contributed by atoms with Crippen molar-refractivity contribution in [1.82, 2.24) is 10.2 Å². The van der Waals surface area contributed by atoms with Gasteiger partial charge in [-0.05, 0) is 72.7 Å². The van der Waals surface area contributed by atoms with Gasteiger partial charge in [0, 0.05) is 37.9 Å². The summed E-state index contributed by atoms with van der Waals surface area (Å²) in [6.07, 6.45) is 4.99. The lowest BCUT2D eigenvalue weighted by atomic mass is 10.0. The first-order valence-corrected chi connectivity index (χ1v) is 14.4. The summed E-state index contributed by atoms with van der Waals surface area (Å²) in [6.45, 7) is 16.2. The molecule has 40 heavy (non-hydrogen) atoms. The van der Waals surface area contributed by atoms with E-state index in [1.54, 1.807) is 6.07 Å². The molecule has 0 atom stereocenters. The molecule has 1 aliphatic heterocycles. The largest absolute Gasteiger partial charge is 0.489 e. The molecule has 0 amide bonds. The molecule has 1 N–H and O–H groups in total. The minimum absolute atomic E-state index is 0.241. The Labute approximate surface area is 239 Å². The summed E-state index contributed by atoms with van der Waals surface area (Å²) in [5, 5.41) is 13.1. The molecule has 208 valence electrons. The van der Waals surface area contributed by atoms with Gasteiger partial charge in [-0.2, -0.15) is 5.26 Å². The average molecular weight is 537 g/mol. The van der Waals surface area contributed by atoms with E-state index in [2.05, 4.69) is 54.9 Å². The second-order valence-corrected chi connectivity index (χ2v) is 9.86. The first kappa shape index (κ1) is 28.9. The lowest BCUT2D eigenvalue weighted by Crippen LogP contribution is -2.42. The molecule has 3 aromatic carbocycles. The van der Waals surface area contributed by atoms with Crippen molar-refractivity contribution in [3.8, 4) is 34.4 Å². The lowest BCUT2D eigenvalue weighted by Gasteiger charge is -2.29. The number of nitriles is 1. The number of rotatable bonds is 9. The smallest absolute Gasteiger partial charge is 0.140 e. The van der Waals surface area contributed by atoms with Crippen molar-refractivity contribution in [1.29, 1.82) is 5.26 Å². The van der Waals surface area contributed by atoms with Crippen LogP contribution in [0.2, 0.25) is 0 Å². The molecular formula is C34H40N4O2. The Balaban J connectivity index is 0.00000181. The molecule has 0 unspecified atom stereocenters. The van der Waals surface area contributed by atoms with Gasteiger partial charge in [0.1, 0.15) is 23.3 Å². The molecule has 1 heterocycles. The van der Waals surface area contributed by atoms with E-state index in [9.17, 15) is 5.26 Å². The van der Waals surface area contributed by atoms with Crippen molar-refractivity contribution in [3.05, 3.63) is 83.6 Å². The maximum Gasteiger partial charge on any atom is 0.140 e. The zero-order valence-corrected chi connectivity index (χ0v) is 24.2. The van der Waals surface area contributed by atoms with E-state index in [-0.39, 0.29) is 6.10 Å². The quantitative estimate of drug-likeness (QED) is 0.286. The fourth-order valence-electron chi connectivity index (χ4n) is 4.51. The van der Waals surface area contributed by atoms with Gasteiger partial charge in [-0.15, -0.1) is 0 Å². The van der Waals surface area contributed by atoms with Crippen LogP contribution in [-0.4, -0.2) is 43.4 Å². The highest BCUT2D eigenvalue weighted by atomic mass is 16.5. The second kappa shape index (κ2) is 13.8. The minimum atomic E-state index is 0.241. The van der Waals surface area contributed by atoms with Gasteiger partial charge < -0.3 is 19.7 Å². The van der Waals surface area contributed by atoms with Crippen LogP contribution in [-0.2, 0) is 6.42 Å². The summed E-state index contributed by atoms with van der Waals surface area (Å²) in [5.74, 6) is 2.06. The number of nitrogens with one attached hydrogen (secondary N) is 1. The summed E-state index contributed by atoms with van der Waals surface area (Å²) in [6, 6.07) is 20.3. The zero-order valence-electron chi connectivity index (χ0n) is 24.2. The van der Waals surface area contributed by atoms with Gasteiger partial charge in [-0.25, -0.2) is 0 Å². The summed E-state index contributed by atoms with van der Waals surface area (Å²) in [7, 11) is 0. The molecule has 1 aliphatic carbocycles. The molecule has 1 saturated carbocycles. The van der Waals surface area contributed by atoms with Crippen molar-refractivity contribution in [2.24, 2.45) is 4.99 Å². The van der Waals surface area contributed by atoms with Crippen LogP contribution < -0.4 is 14.8 Å². The molecular weight excluding hydrogens is 496 g/mol. The number of aryl methyl sites for hydroxylation is 2. The van der Waals surface area contributed by atoms with Crippen LogP contribution in [0, 0.1) is 18.3 Å². The summed E-state index contributed by atoms with van der Waals surface area (Å²) in [4.78, 5) is 7.01. The normalized spacial score (nSPS) is 14.7. The number of allylic oxidation sites excluding steroid dienone is 1. The number of benzene rings is 3. The maximum atomic E-state index is 9.70. The number of hydrogen-bond donors (Lipinski definition) is 1. The zero-order chi connectivity index (χ0) is 28.5. The van der Waals surface area contributed by atoms with Gasteiger partial charge in [-0.3, -0.25) is 4.99 Å². The summed E-state index contributed by atoms with van der Waals surface area (Å²) in [5.41, 5.74) is 6.68. The van der Waals surface area contributed by atoms with Gasteiger partial charge in [0.25, 0.3) is 0 Å². The highest BCUT2D eigenvalue weighted by Gasteiger charge is 2.26. The Kier molecular flexibility index (Phi) is 9.99. The predicted octanol–water partition coefficient (Wildman–Crippen LogP) is 7.58. The molecule has 5 rings (SSSR count). The molecule has 0 aromatic heterocycles. The number of nitrogens with zero attached hydrogens (tertiary/aromatic N) is 3. The predicted molar refractivity (Wildman–Crippen MR) is 164 cm³/mol. The SMILES string of the molecule is C=C(C=Nc1cc(-c2ccc(Oc3cc(C#N)c(OC4CC4)c(CC)c3)cc2)ccc1C)N1CCNCC1.CC. The van der Waals surface area contributed by atoms with Crippen LogP contribution in [0.3, 0.4) is 0 Å². The second-order valence-electron chi connectivity index (χ2n) is 9.86. The molecule has 3 aromatic rings. The van der Waals surface area contributed by atoms with Crippen LogP contribution in [0.4, 0.5) is 5.69 Å². The highest BCUT2D eigenvalue weighted by Crippen LogP contribution is 2.36. The van der Waals surface area contributed by atoms with Crippen LogP contribution in [0.1, 0.15) is 50.3 Å². The Morgan fingerprint density at radius 3 is 2.40 bits per heavy atom. The molecule has 0 bridgehead atoms. The fourth-order valence-corrected chi connectivity index (χ4v) is 4.51. The average Bonchev–Trinajstić information content (AvgIpc) is 3.83. The Bertz CT molecular complexity index is 1380. The van der Waals surface area contributed by atoms with Crippen LogP contribution >= 0.6 is 0 Å². The van der Waals surface area contributed by atoms with Gasteiger partial charge in [0.15, 0.2) is 0 Å². The maximum absolute atomic E-state index is 9.70. The van der Waals surface area contributed by atoms with Gasteiger partial charge in [0.05, 0.1) is 23.6 Å². The van der Waals surface area contributed by atoms with Crippen LogP contribution in [0.5, 0.6) is 17.2 Å². The van der Waals surface area contributed by atoms with Crippen LogP contribution in [0.15, 0.2) is 71.9 Å². The number of piperazine rings is 1. The topological polar surface area (TPSA) is 69.9 Å². The van der Waals surface area contributed by atoms with Gasteiger partial charge in [0.2, 0.25) is 0 Å². The van der Waals surface area contributed by atoms with Crippen molar-refractivity contribution >= 4 is 11.9 Å². The van der Waals surface area contributed by atoms with Crippen molar-refractivity contribution in [2.45, 2.75) is 53.1 Å². The fraction of sp³-hybridized carbons (Fsp3) is 0.353. The third-order valence-corrected chi connectivity index (χ3v) is 6.96. The third kappa shape index (κ3) is 7.31. The van der Waals surface area contributed by atoms with Crippen LogP contribution in [0.25, 0.3) is 11.1 Å². The first-order valence-electron chi connectivity index (χ1n) is 14.4. The Morgan fingerprint density at radius 2 is 1.75 bits per heavy atom. The molecule has 1 saturated heterocycles. The van der Waals surface area contributed by atoms with Crippen molar-refractivity contribution in [2.75, 3.05) is 26.2 Å². The number of aliphatic imine (C=N–C) groups is 1. The van der Waals surface area contributed by atoms with E-state index in [4.69, 9.17) is 14.5 Å². The van der Waals surface area contributed by atoms with E-state index < -0.39 is 0 Å². The molecule has 0 spiro atoms. The van der Waals surface area contributed by atoms with Gasteiger partial charge in [-0.1, -0.05) is 51.6 Å². The Hall–Kier alpha value is -4.08. The molecule has 6 nitrogen and oxygen atoms in total. The first-order chi connectivity index (χ1) is 19.5. The summed E-state index contributed by atoms with van der Waals surface area (Å²) >= 11 is 0. The van der Waals surface area contributed by atoms with Crippen molar-refractivity contribution < 1.29 is 9.47 Å². The molecule has 0 radical (unpaired) electrons. The van der Waals surface area contributed by atoms with E-state index >= 15 is 0 Å². The molecule has 2 fully saturated rings. The minimum Gasteiger partial charge on any atom is -0.489 e. The standard InChI is InChI=1S/C32H34N4O2.C2H6/c1-4-24-17-30(18-27(20-33)32(24)38-29-11-12-29)37-28-9-7-25(8-10-28)26-6-5-22(2)31(19-26)35-21-23(3)36-15-13-34-14-16-36;1-2/h5-10,17-19,21,29,34H,3-4,11-16H2,1-2H3;1-2H3. The third-order valence-electron chi connectivity index (χ3n) is 6.96. The molecule has 6 heteroatoms. The van der Waals surface area contributed by atoms with E-state index in [1.165, 1.54) is 0 Å². The monoisotopic (exact) mass is 536 g/mol. The van der Waals surface area contributed by atoms with E-state index in [1.807, 2.05) is 50.4 Å². The van der Waals surface area contributed by atoms with E-state index in [0.29, 0.717) is 22.8 Å². The number of ether oxygens (including phenoxy) is 2. The molecule has 2 aliphatic rings. The van der Waals surface area contributed by atoms with Gasteiger partial charge >= 0.3 is 0 Å². The highest BCUT2D eigenvalue weighted by molar-refractivity contribution is 5.81. The van der Waals surface area contributed by atoms with Crippen molar-refractivity contribution in [3.63, 3.8) is 0 Å². The Morgan fingerprint density at radius 1 is 1.05 bits per heavy atom. The summed E-state index contributed by atoms with van der Waals surface area (Å²) < 4.78 is 12.2. The van der Waals surface area contributed by atoms with E-state index in [0.717, 1.165) is 79.1 Å². The number of hydrogen-bond acceptors (Lipinski definition) is 6. The lowest BCUT2D eigenvalue weighted by molar-refractivity contribution is 0.298.